The molecule has 0 saturated heterocycles. The van der Waals surface area contributed by atoms with E-state index in [1.54, 1.807) is 4.68 Å². The molecule has 1 atom stereocenters. The lowest BCUT2D eigenvalue weighted by molar-refractivity contribution is 0.0695. The smallest absolute Gasteiger partial charge is 0.273 e. The minimum absolute atomic E-state index is 0.00611. The second-order valence-electron chi connectivity index (χ2n) is 6.44. The third-order valence-electron chi connectivity index (χ3n) is 4.70. The monoisotopic (exact) mass is 335 g/mol. The van der Waals surface area contributed by atoms with Gasteiger partial charge in [-0.1, -0.05) is 30.3 Å². The molecule has 3 aromatic rings. The van der Waals surface area contributed by atoms with E-state index in [9.17, 15) is 4.79 Å². The number of hydrogen-bond acceptors (Lipinski definition) is 3. The van der Waals surface area contributed by atoms with Crippen molar-refractivity contribution >= 4 is 5.91 Å². The summed E-state index contributed by atoms with van der Waals surface area (Å²) in [6.45, 7) is 3.46. The molecule has 1 aliphatic heterocycles. The molecule has 0 N–H and O–H groups in total. The summed E-state index contributed by atoms with van der Waals surface area (Å²) in [4.78, 5) is 19.8. The zero-order valence-corrected chi connectivity index (χ0v) is 14.5. The molecule has 0 aliphatic carbocycles. The number of amides is 1. The number of hydrogen-bond donors (Lipinski definition) is 0. The van der Waals surface area contributed by atoms with Crippen molar-refractivity contribution in [1.82, 2.24) is 24.2 Å². The van der Waals surface area contributed by atoms with Gasteiger partial charge in [-0.25, -0.2) is 4.98 Å². The van der Waals surface area contributed by atoms with Crippen molar-refractivity contribution in [2.75, 3.05) is 6.54 Å². The maximum atomic E-state index is 13.3. The third-order valence-corrected chi connectivity index (χ3v) is 4.70. The van der Waals surface area contributed by atoms with Crippen LogP contribution in [0.2, 0.25) is 0 Å². The molecule has 3 heterocycles. The second-order valence-corrected chi connectivity index (χ2v) is 6.44. The Labute approximate surface area is 146 Å². The van der Waals surface area contributed by atoms with E-state index in [2.05, 4.69) is 26.8 Å². The number of nitrogens with zero attached hydrogens (tertiary/aromatic N) is 5. The Morgan fingerprint density at radius 1 is 1.20 bits per heavy atom. The number of imidazole rings is 1. The quantitative estimate of drug-likeness (QED) is 0.723. The molecule has 6 heteroatoms. The summed E-state index contributed by atoms with van der Waals surface area (Å²) in [6.07, 6.45) is 4.70. The fraction of sp³-hybridized carbons (Fsp3) is 0.316. The average molecular weight is 335 g/mol. The molecule has 6 nitrogen and oxygen atoms in total. The highest BCUT2D eigenvalue weighted by Crippen LogP contribution is 2.31. The number of carbonyl (C=O) groups excluding carboxylic acids is 1. The van der Waals surface area contributed by atoms with Gasteiger partial charge in [0, 0.05) is 32.5 Å². The highest BCUT2D eigenvalue weighted by molar-refractivity contribution is 5.93. The first-order chi connectivity index (χ1) is 12.1. The van der Waals surface area contributed by atoms with Crippen molar-refractivity contribution < 1.29 is 4.79 Å². The number of rotatable bonds is 2. The molecule has 0 bridgehead atoms. The molecule has 2 aromatic heterocycles. The summed E-state index contributed by atoms with van der Waals surface area (Å²) in [7, 11) is 1.82. The van der Waals surface area contributed by atoms with Crippen LogP contribution >= 0.6 is 0 Å². The van der Waals surface area contributed by atoms with E-state index in [0.717, 1.165) is 30.0 Å². The van der Waals surface area contributed by atoms with Crippen LogP contribution in [-0.2, 0) is 13.6 Å². The Kier molecular flexibility index (Phi) is 3.87. The lowest BCUT2D eigenvalue weighted by Gasteiger charge is -2.29. The van der Waals surface area contributed by atoms with Crippen molar-refractivity contribution in [3.05, 3.63) is 71.6 Å². The number of aromatic nitrogens is 4. The lowest BCUT2D eigenvalue weighted by Crippen LogP contribution is -2.37. The van der Waals surface area contributed by atoms with E-state index in [4.69, 9.17) is 0 Å². The van der Waals surface area contributed by atoms with Crippen molar-refractivity contribution in [2.45, 2.75) is 25.9 Å². The molecule has 0 spiro atoms. The van der Waals surface area contributed by atoms with Crippen LogP contribution in [-0.4, -0.2) is 36.7 Å². The van der Waals surface area contributed by atoms with Crippen molar-refractivity contribution in [3.8, 4) is 0 Å². The largest absolute Gasteiger partial charge is 0.333 e. The second kappa shape index (κ2) is 6.20. The Balaban J connectivity index is 1.82. The maximum absolute atomic E-state index is 13.3. The Hall–Kier alpha value is -2.89. The molecule has 1 aliphatic rings. The van der Waals surface area contributed by atoms with Gasteiger partial charge in [0.2, 0.25) is 0 Å². The van der Waals surface area contributed by atoms with Gasteiger partial charge < -0.3 is 9.47 Å². The molecular formula is C19H21N5O. The van der Waals surface area contributed by atoms with Crippen LogP contribution in [0.1, 0.15) is 40.0 Å². The van der Waals surface area contributed by atoms with Crippen LogP contribution in [0.15, 0.2) is 48.8 Å². The predicted molar refractivity (Wildman–Crippen MR) is 94.1 cm³/mol. The van der Waals surface area contributed by atoms with E-state index in [1.165, 1.54) is 0 Å². The van der Waals surface area contributed by atoms with Crippen molar-refractivity contribution in [2.24, 2.45) is 7.05 Å². The maximum Gasteiger partial charge on any atom is 0.273 e. The fourth-order valence-corrected chi connectivity index (χ4v) is 3.58. The van der Waals surface area contributed by atoms with Crippen LogP contribution in [0, 0.1) is 6.92 Å². The lowest BCUT2D eigenvalue weighted by atomic mass is 10.0. The van der Waals surface area contributed by atoms with Crippen LogP contribution in [0.4, 0.5) is 0 Å². The van der Waals surface area contributed by atoms with Gasteiger partial charge in [-0.3, -0.25) is 9.48 Å². The predicted octanol–water partition coefficient (Wildman–Crippen LogP) is 2.56. The molecule has 0 radical (unpaired) electrons. The zero-order valence-electron chi connectivity index (χ0n) is 14.5. The molecular weight excluding hydrogens is 314 g/mol. The molecule has 1 aromatic carbocycles. The van der Waals surface area contributed by atoms with E-state index < -0.39 is 0 Å². The van der Waals surface area contributed by atoms with Gasteiger partial charge in [-0.2, -0.15) is 5.10 Å². The first kappa shape index (κ1) is 15.6. The molecule has 1 amide bonds. The van der Waals surface area contributed by atoms with Gasteiger partial charge in [-0.05, 0) is 25.0 Å². The van der Waals surface area contributed by atoms with Crippen LogP contribution in [0.3, 0.4) is 0 Å². The fourth-order valence-electron chi connectivity index (χ4n) is 3.58. The highest BCUT2D eigenvalue weighted by atomic mass is 16.2. The van der Waals surface area contributed by atoms with Gasteiger partial charge in [0.15, 0.2) is 0 Å². The third kappa shape index (κ3) is 2.73. The van der Waals surface area contributed by atoms with Crippen LogP contribution in [0.25, 0.3) is 0 Å². The van der Waals surface area contributed by atoms with Gasteiger partial charge >= 0.3 is 0 Å². The Morgan fingerprint density at radius 3 is 2.72 bits per heavy atom. The minimum Gasteiger partial charge on any atom is -0.333 e. The SMILES string of the molecule is Cc1cc(C(=O)N2CCCn3ccnc3C2c2ccccc2)n(C)n1. The molecule has 0 fully saturated rings. The summed E-state index contributed by atoms with van der Waals surface area (Å²) < 4.78 is 3.82. The number of benzene rings is 1. The average Bonchev–Trinajstić information content (AvgIpc) is 3.15. The summed E-state index contributed by atoms with van der Waals surface area (Å²) in [5.41, 5.74) is 2.53. The zero-order chi connectivity index (χ0) is 17.4. The number of aryl methyl sites for hydroxylation is 3. The first-order valence-corrected chi connectivity index (χ1v) is 8.53. The molecule has 0 saturated carbocycles. The molecule has 128 valence electrons. The Morgan fingerprint density at radius 2 is 2.00 bits per heavy atom. The van der Waals surface area contributed by atoms with Gasteiger partial charge in [-0.15, -0.1) is 0 Å². The van der Waals surface area contributed by atoms with E-state index in [1.807, 2.05) is 55.5 Å². The van der Waals surface area contributed by atoms with Crippen LogP contribution < -0.4 is 0 Å². The first-order valence-electron chi connectivity index (χ1n) is 8.53. The van der Waals surface area contributed by atoms with E-state index in [0.29, 0.717) is 12.2 Å². The Bertz CT molecular complexity index is 896. The molecule has 25 heavy (non-hydrogen) atoms. The topological polar surface area (TPSA) is 56.0 Å². The van der Waals surface area contributed by atoms with E-state index >= 15 is 0 Å². The highest BCUT2D eigenvalue weighted by Gasteiger charge is 2.33. The van der Waals surface area contributed by atoms with Crippen molar-refractivity contribution in [3.63, 3.8) is 0 Å². The number of fused-ring (bicyclic) bond motifs is 1. The minimum atomic E-state index is -0.193. The molecule has 1 unspecified atom stereocenters. The van der Waals surface area contributed by atoms with E-state index in [-0.39, 0.29) is 11.9 Å². The summed E-state index contributed by atoms with van der Waals surface area (Å²) in [5.74, 6) is 0.907. The van der Waals surface area contributed by atoms with Crippen molar-refractivity contribution in [1.29, 1.82) is 0 Å². The summed E-state index contributed by atoms with van der Waals surface area (Å²) >= 11 is 0. The van der Waals surface area contributed by atoms with Crippen LogP contribution in [0.5, 0.6) is 0 Å². The van der Waals surface area contributed by atoms with Gasteiger partial charge in [0.25, 0.3) is 5.91 Å². The summed E-state index contributed by atoms with van der Waals surface area (Å²) in [5, 5.41) is 4.33. The molecule has 4 rings (SSSR count). The van der Waals surface area contributed by atoms with Gasteiger partial charge in [0.1, 0.15) is 17.6 Å². The summed E-state index contributed by atoms with van der Waals surface area (Å²) in [6, 6.07) is 11.8. The normalized spacial score (nSPS) is 17.2. The number of carbonyl (C=O) groups is 1. The van der Waals surface area contributed by atoms with Gasteiger partial charge in [0.05, 0.1) is 5.69 Å². The standard InChI is InChI=1S/C19H21N5O/c1-14-13-16(22(2)21-14)19(25)24-11-6-10-23-12-9-20-18(23)17(24)15-7-4-3-5-8-15/h3-5,7-9,12-13,17H,6,10-11H2,1-2H3.